The van der Waals surface area contributed by atoms with Gasteiger partial charge in [-0.1, -0.05) is 34.1 Å². The molecule has 104 valence electrons. The molecule has 1 saturated heterocycles. The van der Waals surface area contributed by atoms with Crippen molar-refractivity contribution in [2.75, 3.05) is 26.3 Å². The second-order valence-electron chi connectivity index (χ2n) is 4.49. The van der Waals surface area contributed by atoms with Crippen LogP contribution in [0.15, 0.2) is 50.4 Å². The van der Waals surface area contributed by atoms with Gasteiger partial charge in [0.15, 0.2) is 0 Å². The fourth-order valence-corrected chi connectivity index (χ4v) is 2.52. The molecule has 0 N–H and O–H groups in total. The Labute approximate surface area is 126 Å². The highest BCUT2D eigenvalue weighted by Crippen LogP contribution is 2.28. The van der Waals surface area contributed by atoms with Gasteiger partial charge in [-0.15, -0.1) is 0 Å². The predicted molar refractivity (Wildman–Crippen MR) is 81.8 cm³/mol. The number of furan rings is 1. The standard InChI is InChI=1S/C15H15BrN2O2/c16-14-4-2-1-3-13(14)15-6-5-12(20-15)11-17-18-7-9-19-10-8-18/h1-6,11H,7-10H2. The van der Waals surface area contributed by atoms with E-state index in [4.69, 9.17) is 9.15 Å². The molecular formula is C15H15BrN2O2. The van der Waals surface area contributed by atoms with E-state index in [-0.39, 0.29) is 0 Å². The van der Waals surface area contributed by atoms with E-state index in [9.17, 15) is 0 Å². The second kappa shape index (κ2) is 6.24. The zero-order valence-corrected chi connectivity index (χ0v) is 12.5. The van der Waals surface area contributed by atoms with Crippen molar-refractivity contribution in [2.45, 2.75) is 0 Å². The maximum atomic E-state index is 5.80. The molecule has 20 heavy (non-hydrogen) atoms. The van der Waals surface area contributed by atoms with Crippen molar-refractivity contribution in [3.63, 3.8) is 0 Å². The number of hydrogen-bond donors (Lipinski definition) is 0. The Kier molecular flexibility index (Phi) is 4.18. The van der Waals surface area contributed by atoms with E-state index in [1.54, 1.807) is 6.21 Å². The minimum absolute atomic E-state index is 0.734. The first kappa shape index (κ1) is 13.4. The molecule has 5 heteroatoms. The van der Waals surface area contributed by atoms with Crippen LogP contribution in [0.5, 0.6) is 0 Å². The molecule has 0 atom stereocenters. The van der Waals surface area contributed by atoms with Gasteiger partial charge in [0.1, 0.15) is 11.5 Å². The zero-order chi connectivity index (χ0) is 13.8. The van der Waals surface area contributed by atoms with Gasteiger partial charge >= 0.3 is 0 Å². The zero-order valence-electron chi connectivity index (χ0n) is 11.0. The molecule has 2 aromatic rings. The van der Waals surface area contributed by atoms with E-state index in [0.29, 0.717) is 0 Å². The molecule has 0 spiro atoms. The lowest BCUT2D eigenvalue weighted by atomic mass is 10.2. The SMILES string of the molecule is Brc1ccccc1-c1ccc(C=NN2CCOCC2)o1. The molecule has 0 bridgehead atoms. The van der Waals surface area contributed by atoms with Crippen LogP contribution in [0.4, 0.5) is 0 Å². The van der Waals surface area contributed by atoms with Crippen LogP contribution in [0.1, 0.15) is 5.76 Å². The van der Waals surface area contributed by atoms with Gasteiger partial charge in [0.25, 0.3) is 0 Å². The minimum Gasteiger partial charge on any atom is -0.455 e. The molecule has 1 aliphatic rings. The monoisotopic (exact) mass is 334 g/mol. The summed E-state index contributed by atoms with van der Waals surface area (Å²) >= 11 is 3.53. The van der Waals surface area contributed by atoms with E-state index < -0.39 is 0 Å². The Morgan fingerprint density at radius 2 is 1.90 bits per heavy atom. The maximum absolute atomic E-state index is 5.80. The molecule has 0 amide bonds. The summed E-state index contributed by atoms with van der Waals surface area (Å²) in [6.07, 6.45) is 1.76. The van der Waals surface area contributed by atoms with E-state index in [1.807, 2.05) is 41.4 Å². The number of hydrazone groups is 1. The first-order chi connectivity index (χ1) is 9.83. The average Bonchev–Trinajstić information content (AvgIpc) is 2.95. The number of ether oxygens (including phenoxy) is 1. The molecule has 0 radical (unpaired) electrons. The Bertz CT molecular complexity index is 603. The van der Waals surface area contributed by atoms with Crippen LogP contribution in [0.25, 0.3) is 11.3 Å². The van der Waals surface area contributed by atoms with Gasteiger partial charge in [-0.3, -0.25) is 5.01 Å². The molecule has 3 rings (SSSR count). The highest BCUT2D eigenvalue weighted by atomic mass is 79.9. The van der Waals surface area contributed by atoms with E-state index in [0.717, 1.165) is 47.9 Å². The van der Waals surface area contributed by atoms with Gasteiger partial charge in [0.2, 0.25) is 0 Å². The van der Waals surface area contributed by atoms with Gasteiger partial charge in [-0.05, 0) is 18.2 Å². The van der Waals surface area contributed by atoms with Gasteiger partial charge < -0.3 is 9.15 Å². The lowest BCUT2D eigenvalue weighted by Crippen LogP contribution is -2.32. The molecular weight excluding hydrogens is 320 g/mol. The van der Waals surface area contributed by atoms with Crippen LogP contribution < -0.4 is 0 Å². The number of halogens is 1. The van der Waals surface area contributed by atoms with Crippen LogP contribution in [-0.2, 0) is 4.74 Å². The molecule has 2 heterocycles. The fraction of sp³-hybridized carbons (Fsp3) is 0.267. The lowest BCUT2D eigenvalue weighted by molar-refractivity contribution is 0.0396. The molecule has 1 aromatic heterocycles. The summed E-state index contributed by atoms with van der Waals surface area (Å²) in [5.74, 6) is 1.59. The summed E-state index contributed by atoms with van der Waals surface area (Å²) < 4.78 is 12.1. The number of rotatable bonds is 3. The predicted octanol–water partition coefficient (Wildman–Crippen LogP) is 3.38. The molecule has 1 aliphatic heterocycles. The Hall–Kier alpha value is -1.59. The van der Waals surface area contributed by atoms with Crippen LogP contribution in [-0.4, -0.2) is 37.5 Å². The van der Waals surface area contributed by atoms with E-state index in [1.165, 1.54) is 0 Å². The van der Waals surface area contributed by atoms with E-state index in [2.05, 4.69) is 21.0 Å². The number of benzene rings is 1. The highest BCUT2D eigenvalue weighted by molar-refractivity contribution is 9.10. The third kappa shape index (κ3) is 3.11. The van der Waals surface area contributed by atoms with Crippen LogP contribution >= 0.6 is 15.9 Å². The first-order valence-electron chi connectivity index (χ1n) is 6.54. The van der Waals surface area contributed by atoms with Crippen molar-refractivity contribution < 1.29 is 9.15 Å². The van der Waals surface area contributed by atoms with Crippen molar-refractivity contribution >= 4 is 22.1 Å². The molecule has 4 nitrogen and oxygen atoms in total. The molecule has 0 saturated carbocycles. The largest absolute Gasteiger partial charge is 0.455 e. The molecule has 1 aromatic carbocycles. The topological polar surface area (TPSA) is 38.0 Å². The van der Waals surface area contributed by atoms with Gasteiger partial charge in [-0.25, -0.2) is 0 Å². The third-order valence-corrected chi connectivity index (χ3v) is 3.79. The Balaban J connectivity index is 1.73. The van der Waals surface area contributed by atoms with Gasteiger partial charge in [0, 0.05) is 10.0 Å². The third-order valence-electron chi connectivity index (χ3n) is 3.10. The normalized spacial score (nSPS) is 15.9. The summed E-state index contributed by atoms with van der Waals surface area (Å²) in [5.41, 5.74) is 1.04. The summed E-state index contributed by atoms with van der Waals surface area (Å²) in [7, 11) is 0. The van der Waals surface area contributed by atoms with Crippen LogP contribution in [0, 0.1) is 0 Å². The molecule has 1 fully saturated rings. The van der Waals surface area contributed by atoms with Crippen molar-refractivity contribution in [3.8, 4) is 11.3 Å². The van der Waals surface area contributed by atoms with Crippen LogP contribution in [0.3, 0.4) is 0 Å². The summed E-state index contributed by atoms with van der Waals surface area (Å²) in [6, 6.07) is 11.9. The van der Waals surface area contributed by atoms with Gasteiger partial charge in [-0.2, -0.15) is 5.10 Å². The average molecular weight is 335 g/mol. The summed E-state index contributed by atoms with van der Waals surface area (Å²) in [5, 5.41) is 6.40. The number of nitrogens with zero attached hydrogens (tertiary/aromatic N) is 2. The first-order valence-corrected chi connectivity index (χ1v) is 7.33. The Morgan fingerprint density at radius 3 is 2.70 bits per heavy atom. The summed E-state index contributed by atoms with van der Waals surface area (Å²) in [6.45, 7) is 3.12. The number of hydrogen-bond acceptors (Lipinski definition) is 4. The summed E-state index contributed by atoms with van der Waals surface area (Å²) in [4.78, 5) is 0. The smallest absolute Gasteiger partial charge is 0.147 e. The maximum Gasteiger partial charge on any atom is 0.147 e. The highest BCUT2D eigenvalue weighted by Gasteiger charge is 2.08. The Morgan fingerprint density at radius 1 is 1.10 bits per heavy atom. The number of morpholine rings is 1. The molecule has 0 unspecified atom stereocenters. The fourth-order valence-electron chi connectivity index (χ4n) is 2.04. The second-order valence-corrected chi connectivity index (χ2v) is 5.35. The minimum atomic E-state index is 0.734. The van der Waals surface area contributed by atoms with Crippen molar-refractivity contribution in [2.24, 2.45) is 5.10 Å². The lowest BCUT2D eigenvalue weighted by Gasteiger charge is -2.23. The molecule has 0 aliphatic carbocycles. The quantitative estimate of drug-likeness (QED) is 0.807. The van der Waals surface area contributed by atoms with Crippen molar-refractivity contribution in [1.82, 2.24) is 5.01 Å². The van der Waals surface area contributed by atoms with Crippen molar-refractivity contribution in [1.29, 1.82) is 0 Å². The van der Waals surface area contributed by atoms with E-state index >= 15 is 0 Å². The van der Waals surface area contributed by atoms with Gasteiger partial charge in [0.05, 0.1) is 32.5 Å². The van der Waals surface area contributed by atoms with Crippen molar-refractivity contribution in [3.05, 3.63) is 46.6 Å². The van der Waals surface area contributed by atoms with Crippen LogP contribution in [0.2, 0.25) is 0 Å².